The van der Waals surface area contributed by atoms with Gasteiger partial charge in [-0.3, -0.25) is 24.0 Å². The summed E-state index contributed by atoms with van der Waals surface area (Å²) < 4.78 is 0. The normalized spacial score (nSPS) is 14.8. The van der Waals surface area contributed by atoms with Gasteiger partial charge in [-0.1, -0.05) is 32.4 Å². The van der Waals surface area contributed by atoms with E-state index in [-0.39, 0.29) is 12.2 Å². The van der Waals surface area contributed by atoms with Crippen LogP contribution in [0.3, 0.4) is 0 Å². The van der Waals surface area contributed by atoms with E-state index in [1.54, 1.807) is 13.8 Å². The maximum Gasteiger partial charge on any atom is 0.326 e. The highest BCUT2D eigenvalue weighted by atomic mass is 16.4. The smallest absolute Gasteiger partial charge is 0.326 e. The Morgan fingerprint density at radius 2 is 1.35 bits per heavy atom. The molecule has 37 heavy (non-hydrogen) atoms. The lowest BCUT2D eigenvalue weighted by atomic mass is 9.98. The lowest BCUT2D eigenvalue weighted by Crippen LogP contribution is -2.59. The summed E-state index contributed by atoms with van der Waals surface area (Å²) in [4.78, 5) is 72.7. The largest absolute Gasteiger partial charge is 0.508 e. The van der Waals surface area contributed by atoms with Gasteiger partial charge in [0.15, 0.2) is 0 Å². The molecule has 204 valence electrons. The maximum absolute atomic E-state index is 13.1. The number of nitrogens with one attached hydrogen (secondary N) is 3. The Kier molecular flexibility index (Phi) is 12.0. The molecule has 0 radical (unpaired) electrons. The van der Waals surface area contributed by atoms with Gasteiger partial charge in [0.25, 0.3) is 0 Å². The van der Waals surface area contributed by atoms with Crippen LogP contribution in [0.5, 0.6) is 5.75 Å². The SMILES string of the molecule is CCC(C)C(NC(=O)C(Cc1ccc(O)cc1)NC(=O)C(CC(N)=O)NC(=O)C(N)CC(N)=O)C(=O)O. The number of carbonyl (C=O) groups is 6. The summed E-state index contributed by atoms with van der Waals surface area (Å²) in [5, 5.41) is 26.1. The van der Waals surface area contributed by atoms with Crippen molar-refractivity contribution in [1.29, 1.82) is 0 Å². The van der Waals surface area contributed by atoms with Gasteiger partial charge in [0.1, 0.15) is 23.9 Å². The zero-order valence-electron chi connectivity index (χ0n) is 20.6. The molecule has 0 bridgehead atoms. The predicted octanol–water partition coefficient (Wildman–Crippen LogP) is -2.40. The van der Waals surface area contributed by atoms with Crippen LogP contribution in [0.15, 0.2) is 24.3 Å². The first-order valence-electron chi connectivity index (χ1n) is 11.5. The quantitative estimate of drug-likeness (QED) is 0.122. The van der Waals surface area contributed by atoms with E-state index in [0.717, 1.165) is 0 Å². The first kappa shape index (κ1) is 30.8. The van der Waals surface area contributed by atoms with Gasteiger partial charge < -0.3 is 43.4 Å². The summed E-state index contributed by atoms with van der Waals surface area (Å²) in [6.07, 6.45) is -0.846. The number of primary amides is 2. The average molecular weight is 523 g/mol. The van der Waals surface area contributed by atoms with Crippen molar-refractivity contribution in [3.8, 4) is 5.75 Å². The topological polar surface area (TPSA) is 257 Å². The van der Waals surface area contributed by atoms with E-state index < -0.39 is 78.4 Å². The van der Waals surface area contributed by atoms with E-state index in [9.17, 15) is 39.0 Å². The van der Waals surface area contributed by atoms with Crippen LogP contribution in [0.1, 0.15) is 38.7 Å². The molecule has 0 saturated heterocycles. The molecule has 0 aliphatic carbocycles. The van der Waals surface area contributed by atoms with E-state index in [2.05, 4.69) is 16.0 Å². The first-order chi connectivity index (χ1) is 17.2. The van der Waals surface area contributed by atoms with Gasteiger partial charge in [-0.25, -0.2) is 4.79 Å². The maximum atomic E-state index is 13.1. The number of hydrogen-bond donors (Lipinski definition) is 8. The summed E-state index contributed by atoms with van der Waals surface area (Å²) >= 11 is 0. The number of rotatable bonds is 15. The molecule has 1 aromatic carbocycles. The third kappa shape index (κ3) is 10.5. The van der Waals surface area contributed by atoms with Crippen molar-refractivity contribution in [2.75, 3.05) is 0 Å². The monoisotopic (exact) mass is 522 g/mol. The van der Waals surface area contributed by atoms with Crippen molar-refractivity contribution in [3.05, 3.63) is 29.8 Å². The van der Waals surface area contributed by atoms with E-state index in [1.807, 2.05) is 0 Å². The van der Waals surface area contributed by atoms with Gasteiger partial charge in [-0.15, -0.1) is 0 Å². The third-order valence-corrected chi connectivity index (χ3v) is 5.58. The highest BCUT2D eigenvalue weighted by Gasteiger charge is 2.32. The number of hydrogen-bond acceptors (Lipinski definition) is 8. The van der Waals surface area contributed by atoms with Crippen LogP contribution in [0, 0.1) is 5.92 Å². The molecule has 5 amide bonds. The number of phenolic OH excluding ortho intramolecular Hbond substituents is 1. The molecule has 14 heteroatoms. The van der Waals surface area contributed by atoms with Crippen LogP contribution in [0.2, 0.25) is 0 Å². The lowest BCUT2D eigenvalue weighted by Gasteiger charge is -2.26. The lowest BCUT2D eigenvalue weighted by molar-refractivity contribution is -0.144. The Morgan fingerprint density at radius 1 is 0.838 bits per heavy atom. The molecule has 0 aliphatic heterocycles. The molecule has 11 N–H and O–H groups in total. The molecule has 0 aromatic heterocycles. The molecular weight excluding hydrogens is 488 g/mol. The van der Waals surface area contributed by atoms with Crippen molar-refractivity contribution in [3.63, 3.8) is 0 Å². The number of phenols is 1. The molecule has 0 heterocycles. The molecule has 5 unspecified atom stereocenters. The highest BCUT2D eigenvalue weighted by molar-refractivity contribution is 5.97. The number of carboxylic acid groups (broad SMARTS) is 1. The number of carboxylic acids is 1. The molecule has 1 aromatic rings. The number of nitrogens with two attached hydrogens (primary N) is 3. The van der Waals surface area contributed by atoms with Gasteiger partial charge >= 0.3 is 5.97 Å². The van der Waals surface area contributed by atoms with E-state index in [1.165, 1.54) is 24.3 Å². The van der Waals surface area contributed by atoms with E-state index in [0.29, 0.717) is 12.0 Å². The molecule has 5 atom stereocenters. The van der Waals surface area contributed by atoms with Crippen LogP contribution in [0.25, 0.3) is 0 Å². The molecule has 14 nitrogen and oxygen atoms in total. The molecule has 0 fully saturated rings. The molecule has 0 spiro atoms. The third-order valence-electron chi connectivity index (χ3n) is 5.58. The Labute approximate surface area is 213 Å². The van der Waals surface area contributed by atoms with Crippen molar-refractivity contribution >= 4 is 35.5 Å². The van der Waals surface area contributed by atoms with Gasteiger partial charge in [-0.2, -0.15) is 0 Å². The van der Waals surface area contributed by atoms with Crippen molar-refractivity contribution in [2.45, 2.75) is 63.7 Å². The molecular formula is C23H34N6O8. The summed E-state index contributed by atoms with van der Waals surface area (Å²) in [6.45, 7) is 3.39. The summed E-state index contributed by atoms with van der Waals surface area (Å²) in [5.41, 5.74) is 16.3. The van der Waals surface area contributed by atoms with Crippen LogP contribution < -0.4 is 33.2 Å². The molecule has 0 saturated carbocycles. The number of benzene rings is 1. The van der Waals surface area contributed by atoms with E-state index >= 15 is 0 Å². The summed E-state index contributed by atoms with van der Waals surface area (Å²) in [5.74, 6) is -6.31. The fourth-order valence-corrected chi connectivity index (χ4v) is 3.28. The zero-order chi connectivity index (χ0) is 28.3. The van der Waals surface area contributed by atoms with Gasteiger partial charge in [0, 0.05) is 6.42 Å². The summed E-state index contributed by atoms with van der Waals surface area (Å²) in [6, 6.07) is 0.183. The Bertz CT molecular complexity index is 999. The van der Waals surface area contributed by atoms with Crippen LogP contribution in [-0.4, -0.2) is 69.9 Å². The Hall–Kier alpha value is -4.20. The second kappa shape index (κ2) is 14.4. The fourth-order valence-electron chi connectivity index (χ4n) is 3.28. The molecule has 0 aliphatic rings. The Morgan fingerprint density at radius 3 is 1.84 bits per heavy atom. The fraction of sp³-hybridized carbons (Fsp3) is 0.478. The van der Waals surface area contributed by atoms with Crippen molar-refractivity contribution in [2.24, 2.45) is 23.1 Å². The van der Waals surface area contributed by atoms with Gasteiger partial charge in [0.2, 0.25) is 29.5 Å². The van der Waals surface area contributed by atoms with Crippen LogP contribution in [0.4, 0.5) is 0 Å². The number of aromatic hydroxyl groups is 1. The van der Waals surface area contributed by atoms with E-state index in [4.69, 9.17) is 17.2 Å². The minimum Gasteiger partial charge on any atom is -0.508 e. The molecule has 1 rings (SSSR count). The average Bonchev–Trinajstić information content (AvgIpc) is 2.81. The van der Waals surface area contributed by atoms with Crippen molar-refractivity contribution in [1.82, 2.24) is 16.0 Å². The van der Waals surface area contributed by atoms with Gasteiger partial charge in [0.05, 0.1) is 18.9 Å². The minimum atomic E-state index is -1.55. The minimum absolute atomic E-state index is 0.0342. The van der Waals surface area contributed by atoms with Crippen LogP contribution >= 0.6 is 0 Å². The second-order valence-corrected chi connectivity index (χ2v) is 8.65. The zero-order valence-corrected chi connectivity index (χ0v) is 20.6. The Balaban J connectivity index is 3.20. The number of amides is 5. The predicted molar refractivity (Wildman–Crippen MR) is 130 cm³/mol. The number of carbonyl (C=O) groups excluding carboxylic acids is 5. The number of aliphatic carboxylic acids is 1. The standard InChI is InChI=1S/C23H34N6O8/c1-3-11(2)19(23(36)37)29-22(35)15(8-12-4-6-13(30)7-5-12)28-21(34)16(10-18(26)32)27-20(33)14(24)9-17(25)31/h4-7,11,14-16,19,30H,3,8-10,24H2,1-2H3,(H2,25,31)(H2,26,32)(H,27,33)(H,28,34)(H,29,35)(H,36,37). The highest BCUT2D eigenvalue weighted by Crippen LogP contribution is 2.13. The van der Waals surface area contributed by atoms with Crippen molar-refractivity contribution < 1.29 is 39.0 Å². The second-order valence-electron chi connectivity index (χ2n) is 8.65. The van der Waals surface area contributed by atoms with Crippen LogP contribution in [-0.2, 0) is 35.2 Å². The summed E-state index contributed by atoms with van der Waals surface area (Å²) in [7, 11) is 0. The first-order valence-corrected chi connectivity index (χ1v) is 11.5. The van der Waals surface area contributed by atoms with Gasteiger partial charge in [-0.05, 0) is 23.6 Å².